The molecule has 0 N–H and O–H groups in total. The summed E-state index contributed by atoms with van der Waals surface area (Å²) in [5.41, 5.74) is 7.21. The Morgan fingerprint density at radius 2 is 1.50 bits per heavy atom. The van der Waals surface area contributed by atoms with Gasteiger partial charge in [0.2, 0.25) is 0 Å². The maximum Gasteiger partial charge on any atom is 4.00 e. The largest absolute Gasteiger partial charge is 4.00 e. The number of aryl methyl sites for hydroxylation is 3. The molecule has 0 fully saturated rings. The van der Waals surface area contributed by atoms with E-state index in [1.807, 2.05) is 0 Å². The van der Waals surface area contributed by atoms with Crippen LogP contribution in [0, 0.1) is 27.7 Å². The van der Waals surface area contributed by atoms with E-state index in [2.05, 4.69) is 65.0 Å². The van der Waals surface area contributed by atoms with Crippen molar-refractivity contribution in [2.45, 2.75) is 47.5 Å². The van der Waals surface area contributed by atoms with Crippen LogP contribution in [0.15, 0.2) is 30.3 Å². The first-order chi connectivity index (χ1) is 8.06. The van der Waals surface area contributed by atoms with Gasteiger partial charge in [-0.05, 0) is 0 Å². The molecule has 2 aromatic carbocycles. The van der Waals surface area contributed by atoms with Crippen LogP contribution in [0.2, 0.25) is 0 Å². The van der Waals surface area contributed by atoms with Crippen molar-refractivity contribution < 1.29 is 35.6 Å². The SMILES string of the molecule is CCC[c-]1cccc1.Cc1c[c-](C)c(C)c1C.[F-].[F-].[Zr+4]. The first-order valence-corrected chi connectivity index (χ1v) is 6.47. The summed E-state index contributed by atoms with van der Waals surface area (Å²) >= 11 is 0. The number of hydrogen-bond donors (Lipinski definition) is 0. The third-order valence-corrected chi connectivity index (χ3v) is 3.45. The third kappa shape index (κ3) is 7.29. The van der Waals surface area contributed by atoms with Crippen LogP contribution < -0.4 is 9.41 Å². The summed E-state index contributed by atoms with van der Waals surface area (Å²) in [5.74, 6) is 0. The van der Waals surface area contributed by atoms with Gasteiger partial charge in [-0.3, -0.25) is 0 Å². The smallest absolute Gasteiger partial charge is 1.00 e. The quantitative estimate of drug-likeness (QED) is 0.605. The summed E-state index contributed by atoms with van der Waals surface area (Å²) in [4.78, 5) is 0. The summed E-state index contributed by atoms with van der Waals surface area (Å²) < 4.78 is 0. The zero-order valence-electron chi connectivity index (χ0n) is 13.1. The van der Waals surface area contributed by atoms with E-state index >= 15 is 0 Å². The van der Waals surface area contributed by atoms with E-state index in [0.29, 0.717) is 0 Å². The fourth-order valence-electron chi connectivity index (χ4n) is 2.00. The van der Waals surface area contributed by atoms with E-state index in [-0.39, 0.29) is 35.6 Å². The van der Waals surface area contributed by atoms with Crippen LogP contribution in [0.5, 0.6) is 0 Å². The van der Waals surface area contributed by atoms with Gasteiger partial charge in [0.1, 0.15) is 0 Å². The van der Waals surface area contributed by atoms with Crippen molar-refractivity contribution in [2.75, 3.05) is 0 Å². The molecule has 0 spiro atoms. The van der Waals surface area contributed by atoms with Gasteiger partial charge in [0, 0.05) is 0 Å². The minimum absolute atomic E-state index is 0. The van der Waals surface area contributed by atoms with Gasteiger partial charge in [-0.15, -0.1) is 0 Å². The third-order valence-electron chi connectivity index (χ3n) is 3.45. The average Bonchev–Trinajstić information content (AvgIpc) is 2.87. The Morgan fingerprint density at radius 1 is 1.00 bits per heavy atom. The van der Waals surface area contributed by atoms with Crippen molar-refractivity contribution in [3.63, 3.8) is 0 Å². The molecule has 0 aromatic heterocycles. The molecule has 0 unspecified atom stereocenters. The average molecular weight is 358 g/mol. The first kappa shape index (κ1) is 24.5. The topological polar surface area (TPSA) is 0 Å². The van der Waals surface area contributed by atoms with Crippen molar-refractivity contribution in [3.05, 3.63) is 58.1 Å². The van der Waals surface area contributed by atoms with Crippen LogP contribution in [-0.4, -0.2) is 0 Å². The Hall–Kier alpha value is -0.557. The van der Waals surface area contributed by atoms with Gasteiger partial charge in [-0.25, -0.2) is 12.1 Å². The van der Waals surface area contributed by atoms with Crippen molar-refractivity contribution in [3.8, 4) is 0 Å². The minimum atomic E-state index is 0. The van der Waals surface area contributed by atoms with Gasteiger partial charge in [0.05, 0.1) is 0 Å². The molecular weight excluding hydrogens is 333 g/mol. The van der Waals surface area contributed by atoms with E-state index in [1.165, 1.54) is 40.7 Å². The van der Waals surface area contributed by atoms with Crippen LogP contribution in [0.3, 0.4) is 0 Å². The molecular formula is C17H24F2Zr. The Morgan fingerprint density at radius 3 is 1.75 bits per heavy atom. The van der Waals surface area contributed by atoms with E-state index in [0.717, 1.165) is 0 Å². The molecule has 0 atom stereocenters. The minimum Gasteiger partial charge on any atom is -1.00 e. The van der Waals surface area contributed by atoms with Gasteiger partial charge in [-0.1, -0.05) is 47.5 Å². The zero-order valence-corrected chi connectivity index (χ0v) is 15.5. The predicted octanol–water partition coefficient (Wildman–Crippen LogP) is -0.997. The van der Waals surface area contributed by atoms with E-state index in [9.17, 15) is 0 Å². The Kier molecular flexibility index (Phi) is 14.9. The second-order valence-corrected chi connectivity index (χ2v) is 4.80. The Labute approximate surface area is 141 Å². The molecule has 0 bridgehead atoms. The van der Waals surface area contributed by atoms with Crippen LogP contribution in [0.4, 0.5) is 0 Å². The zero-order chi connectivity index (χ0) is 12.8. The number of hydrogen-bond acceptors (Lipinski definition) is 0. The molecule has 0 aliphatic rings. The molecule has 2 aromatic rings. The normalized spacial score (nSPS) is 8.45. The Bertz CT molecular complexity index is 419. The summed E-state index contributed by atoms with van der Waals surface area (Å²) in [5, 5.41) is 0. The van der Waals surface area contributed by atoms with Crippen molar-refractivity contribution in [2.24, 2.45) is 0 Å². The first-order valence-electron chi connectivity index (χ1n) is 6.47. The van der Waals surface area contributed by atoms with Crippen LogP contribution in [-0.2, 0) is 32.6 Å². The molecule has 0 amide bonds. The predicted molar refractivity (Wildman–Crippen MR) is 77.0 cm³/mol. The molecule has 0 radical (unpaired) electrons. The standard InChI is InChI=1S/C9H13.C8H11.2FH.Zr/c1-6-5-7(2)9(4)8(6)3;1-2-5-8-6-3-4-7-8;;;/h5H,1-4H3;3-4,6-7H,2,5H2,1H3;2*1H;/q2*-1;;;+4/p-2. The fourth-order valence-corrected chi connectivity index (χ4v) is 2.00. The molecule has 2 rings (SSSR count). The molecule has 0 nitrogen and oxygen atoms in total. The fraction of sp³-hybridized carbons (Fsp3) is 0.412. The molecule has 0 aliphatic heterocycles. The molecule has 110 valence electrons. The van der Waals surface area contributed by atoms with Crippen molar-refractivity contribution in [1.82, 2.24) is 0 Å². The van der Waals surface area contributed by atoms with Crippen LogP contribution in [0.25, 0.3) is 0 Å². The summed E-state index contributed by atoms with van der Waals surface area (Å²) in [7, 11) is 0. The van der Waals surface area contributed by atoms with Gasteiger partial charge < -0.3 is 9.41 Å². The molecule has 0 aliphatic carbocycles. The molecule has 0 saturated heterocycles. The number of rotatable bonds is 2. The van der Waals surface area contributed by atoms with Crippen LogP contribution in [0.1, 0.15) is 41.2 Å². The van der Waals surface area contributed by atoms with Gasteiger partial charge in [0.15, 0.2) is 0 Å². The van der Waals surface area contributed by atoms with Crippen molar-refractivity contribution >= 4 is 0 Å². The van der Waals surface area contributed by atoms with E-state index < -0.39 is 0 Å². The van der Waals surface area contributed by atoms with Gasteiger partial charge in [-0.2, -0.15) is 46.0 Å². The van der Waals surface area contributed by atoms with E-state index in [4.69, 9.17) is 0 Å². The molecule has 3 heteroatoms. The summed E-state index contributed by atoms with van der Waals surface area (Å²) in [6.45, 7) is 10.9. The maximum atomic E-state index is 2.24. The second kappa shape index (κ2) is 12.2. The van der Waals surface area contributed by atoms with Gasteiger partial charge >= 0.3 is 26.2 Å². The number of halogens is 2. The second-order valence-electron chi connectivity index (χ2n) is 4.80. The molecule has 0 heterocycles. The van der Waals surface area contributed by atoms with Crippen LogP contribution >= 0.6 is 0 Å². The maximum absolute atomic E-state index is 2.24. The summed E-state index contributed by atoms with van der Waals surface area (Å²) in [6, 6.07) is 10.8. The Balaban J connectivity index is -0.000000252. The van der Waals surface area contributed by atoms with Crippen molar-refractivity contribution in [1.29, 1.82) is 0 Å². The molecule has 0 saturated carbocycles. The summed E-state index contributed by atoms with van der Waals surface area (Å²) in [6.07, 6.45) is 2.48. The van der Waals surface area contributed by atoms with E-state index in [1.54, 1.807) is 0 Å². The van der Waals surface area contributed by atoms with Gasteiger partial charge in [0.25, 0.3) is 0 Å². The molecule has 20 heavy (non-hydrogen) atoms. The monoisotopic (exact) mass is 356 g/mol.